The van der Waals surface area contributed by atoms with Crippen LogP contribution in [0.5, 0.6) is 23.0 Å². The van der Waals surface area contributed by atoms with Crippen molar-refractivity contribution in [3.63, 3.8) is 0 Å². The summed E-state index contributed by atoms with van der Waals surface area (Å²) in [7, 11) is 0. The largest absolute Gasteiger partial charge is 0.508 e. The van der Waals surface area contributed by atoms with Gasteiger partial charge in [0.25, 0.3) is 0 Å². The van der Waals surface area contributed by atoms with Crippen molar-refractivity contribution in [2.45, 2.75) is 47.3 Å². The number of phenols is 4. The van der Waals surface area contributed by atoms with Gasteiger partial charge < -0.3 is 29.9 Å². The Morgan fingerprint density at radius 3 is 1.21 bits per heavy atom. The lowest BCUT2D eigenvalue weighted by molar-refractivity contribution is -0.0426. The normalized spacial score (nSPS) is 14.0. The van der Waals surface area contributed by atoms with Crippen LogP contribution in [0.25, 0.3) is 0 Å². The van der Waals surface area contributed by atoms with Gasteiger partial charge in [0.1, 0.15) is 29.8 Å². The molecular weight excluding hydrogens is 581 g/mol. The van der Waals surface area contributed by atoms with Crippen LogP contribution in [0.2, 0.25) is 0 Å². The lowest BCUT2D eigenvalue weighted by Gasteiger charge is -2.38. The molecule has 0 radical (unpaired) electrons. The van der Waals surface area contributed by atoms with Crippen molar-refractivity contribution in [3.8, 4) is 23.0 Å². The Hall–Kier alpha value is -3.30. The van der Waals surface area contributed by atoms with E-state index in [1.165, 1.54) is 30.4 Å². The van der Waals surface area contributed by atoms with E-state index in [-0.39, 0.29) is 16.9 Å². The second-order valence-electron chi connectivity index (χ2n) is 10.4. The molecule has 0 atom stereocenters. The second kappa shape index (κ2) is 17.1. The zero-order valence-corrected chi connectivity index (χ0v) is 25.9. The van der Waals surface area contributed by atoms with Gasteiger partial charge in [-0.3, -0.25) is 0 Å². The van der Waals surface area contributed by atoms with E-state index >= 15 is 0 Å². The maximum atomic E-state index is 9.51. The molecule has 4 N–H and O–H groups in total. The SMILES string of the molecule is Oc1ccc(C2(c3ccc(O)cc3)CCCCC2)cc1.Oc1ccc(SCCOCOCCSc2ccc(O)cc2)cc1. The Morgan fingerprint density at radius 2 is 0.837 bits per heavy atom. The van der Waals surface area contributed by atoms with Crippen LogP contribution >= 0.6 is 23.5 Å². The van der Waals surface area contributed by atoms with E-state index < -0.39 is 0 Å². The van der Waals surface area contributed by atoms with Crippen LogP contribution in [-0.4, -0.2) is 51.9 Å². The molecule has 228 valence electrons. The monoisotopic (exact) mass is 620 g/mol. The summed E-state index contributed by atoms with van der Waals surface area (Å²) >= 11 is 3.36. The third kappa shape index (κ3) is 10.4. The molecule has 1 saturated carbocycles. The topological polar surface area (TPSA) is 99.4 Å². The highest BCUT2D eigenvalue weighted by atomic mass is 32.2. The van der Waals surface area contributed by atoms with Crippen LogP contribution in [0.1, 0.15) is 43.2 Å². The average molecular weight is 621 g/mol. The zero-order valence-electron chi connectivity index (χ0n) is 24.2. The van der Waals surface area contributed by atoms with Gasteiger partial charge in [0.05, 0.1) is 13.2 Å². The molecule has 4 aromatic rings. The van der Waals surface area contributed by atoms with Crippen molar-refractivity contribution in [1.82, 2.24) is 0 Å². The number of ether oxygens (including phenoxy) is 2. The van der Waals surface area contributed by atoms with E-state index in [1.54, 1.807) is 72.1 Å². The molecule has 0 aliphatic heterocycles. The number of rotatable bonds is 12. The van der Waals surface area contributed by atoms with Gasteiger partial charge in [-0.1, -0.05) is 43.5 Å². The Balaban J connectivity index is 0.000000198. The van der Waals surface area contributed by atoms with Gasteiger partial charge in [-0.2, -0.15) is 0 Å². The molecule has 0 aromatic heterocycles. The van der Waals surface area contributed by atoms with Crippen molar-refractivity contribution in [2.24, 2.45) is 0 Å². The quantitative estimate of drug-likeness (QED) is 0.0713. The number of thioether (sulfide) groups is 2. The van der Waals surface area contributed by atoms with Crippen molar-refractivity contribution >= 4 is 23.5 Å². The van der Waals surface area contributed by atoms with Gasteiger partial charge in [0.15, 0.2) is 0 Å². The fourth-order valence-corrected chi connectivity index (χ4v) is 6.69. The zero-order chi connectivity index (χ0) is 30.3. The Labute approximate surface area is 262 Å². The highest BCUT2D eigenvalue weighted by molar-refractivity contribution is 7.99. The number of hydrogen-bond acceptors (Lipinski definition) is 8. The van der Waals surface area contributed by atoms with Crippen LogP contribution in [0, 0.1) is 0 Å². The van der Waals surface area contributed by atoms with Crippen molar-refractivity contribution in [3.05, 3.63) is 108 Å². The molecule has 43 heavy (non-hydrogen) atoms. The average Bonchev–Trinajstić information content (AvgIpc) is 3.03. The smallest absolute Gasteiger partial charge is 0.146 e. The summed E-state index contributed by atoms with van der Waals surface area (Å²) < 4.78 is 10.8. The van der Waals surface area contributed by atoms with E-state index in [0.717, 1.165) is 34.1 Å². The minimum Gasteiger partial charge on any atom is -0.508 e. The third-order valence-corrected chi connectivity index (χ3v) is 9.33. The van der Waals surface area contributed by atoms with Crippen LogP contribution < -0.4 is 0 Å². The van der Waals surface area contributed by atoms with Crippen LogP contribution in [-0.2, 0) is 14.9 Å². The summed E-state index contributed by atoms with van der Waals surface area (Å²) in [4.78, 5) is 2.22. The van der Waals surface area contributed by atoms with Gasteiger partial charge >= 0.3 is 0 Å². The molecule has 6 nitrogen and oxygen atoms in total. The summed E-state index contributed by atoms with van der Waals surface area (Å²) in [6.45, 7) is 1.54. The highest BCUT2D eigenvalue weighted by Gasteiger charge is 2.35. The van der Waals surface area contributed by atoms with E-state index in [4.69, 9.17) is 9.47 Å². The molecule has 0 amide bonds. The maximum Gasteiger partial charge on any atom is 0.146 e. The summed E-state index contributed by atoms with van der Waals surface area (Å²) in [5, 5.41) is 37.4. The van der Waals surface area contributed by atoms with Gasteiger partial charge in [-0.05, 0) is 96.8 Å². The van der Waals surface area contributed by atoms with Crippen LogP contribution in [0.15, 0.2) is 107 Å². The minimum atomic E-state index is 0.0274. The molecule has 5 rings (SSSR count). The molecule has 0 saturated heterocycles. The molecule has 0 spiro atoms. The number of aromatic hydroxyl groups is 4. The molecule has 1 aliphatic carbocycles. The predicted molar refractivity (Wildman–Crippen MR) is 175 cm³/mol. The molecule has 1 aliphatic rings. The Bertz CT molecular complexity index is 1240. The first-order valence-corrected chi connectivity index (χ1v) is 16.5. The molecule has 0 unspecified atom stereocenters. The summed E-state index contributed by atoms with van der Waals surface area (Å²) in [5.74, 6) is 2.87. The standard InChI is InChI=1S/C18H20O2.C17H20O4S2/c19-16-8-4-14(5-9-16)18(12-2-1-3-13-18)15-6-10-17(20)11-7-15;18-14-1-5-16(6-2-14)22-11-9-20-13-21-10-12-23-17-7-3-15(19)4-8-17/h4-11,19-20H,1-3,12-13H2;1-8,18-19H,9-13H2. The minimum absolute atomic E-state index is 0.0274. The van der Waals surface area contributed by atoms with Crippen molar-refractivity contribution in [1.29, 1.82) is 0 Å². The van der Waals surface area contributed by atoms with E-state index in [2.05, 4.69) is 0 Å². The molecule has 0 heterocycles. The number of hydrogen-bond donors (Lipinski definition) is 4. The maximum absolute atomic E-state index is 9.51. The third-order valence-electron chi connectivity index (χ3n) is 7.38. The van der Waals surface area contributed by atoms with Gasteiger partial charge in [-0.25, -0.2) is 0 Å². The van der Waals surface area contributed by atoms with E-state index in [1.807, 2.05) is 48.5 Å². The molecule has 0 bridgehead atoms. The van der Waals surface area contributed by atoms with Gasteiger partial charge in [-0.15, -0.1) is 23.5 Å². The van der Waals surface area contributed by atoms with Crippen LogP contribution in [0.4, 0.5) is 0 Å². The van der Waals surface area contributed by atoms with Crippen molar-refractivity contribution < 1.29 is 29.9 Å². The first kappa shape index (κ1) is 32.6. The molecule has 1 fully saturated rings. The summed E-state index contributed by atoms with van der Waals surface area (Å²) in [6.07, 6.45) is 5.99. The first-order valence-electron chi connectivity index (χ1n) is 14.5. The molecular formula is C35H40O6S2. The molecule has 4 aromatic carbocycles. The fraction of sp³-hybridized carbons (Fsp3) is 0.314. The Kier molecular flexibility index (Phi) is 13.0. The number of benzene rings is 4. The first-order chi connectivity index (χ1) is 20.9. The highest BCUT2D eigenvalue weighted by Crippen LogP contribution is 2.45. The van der Waals surface area contributed by atoms with E-state index in [9.17, 15) is 20.4 Å². The summed E-state index contributed by atoms with van der Waals surface area (Å²) in [5.41, 5.74) is 2.56. The lowest BCUT2D eigenvalue weighted by atomic mass is 9.65. The fourth-order valence-electron chi connectivity index (χ4n) is 5.16. The Morgan fingerprint density at radius 1 is 0.488 bits per heavy atom. The van der Waals surface area contributed by atoms with Gasteiger partial charge in [0, 0.05) is 26.7 Å². The summed E-state index contributed by atoms with van der Waals surface area (Å²) in [6, 6.07) is 29.5. The van der Waals surface area contributed by atoms with Crippen molar-refractivity contribution in [2.75, 3.05) is 31.5 Å². The molecule has 8 heteroatoms. The lowest BCUT2D eigenvalue weighted by Crippen LogP contribution is -2.30. The van der Waals surface area contributed by atoms with Crippen LogP contribution in [0.3, 0.4) is 0 Å². The predicted octanol–water partition coefficient (Wildman–Crippen LogP) is 8.32. The number of phenolic OH excluding ortho intramolecular Hbond substituents is 4. The van der Waals surface area contributed by atoms with E-state index in [0.29, 0.717) is 31.5 Å². The second-order valence-corrected chi connectivity index (χ2v) is 12.7. The van der Waals surface area contributed by atoms with Gasteiger partial charge in [0.2, 0.25) is 0 Å².